The van der Waals surface area contributed by atoms with Crippen LogP contribution in [0.3, 0.4) is 0 Å². The zero-order valence-corrected chi connectivity index (χ0v) is 17.5. The fourth-order valence-electron chi connectivity index (χ4n) is 2.91. The second-order valence-electron chi connectivity index (χ2n) is 8.17. The number of alkyl carbamates (subject to hydrolysis) is 1. The Morgan fingerprint density at radius 3 is 2.18 bits per heavy atom. The van der Waals surface area contributed by atoms with Crippen LogP contribution in [0, 0.1) is 6.92 Å². The summed E-state index contributed by atoms with van der Waals surface area (Å²) in [5.41, 5.74) is 2.85. The minimum atomic E-state index is -0.865. The SMILES string of the molecule is Cc1cccc(C(C)C)c1NC(=O)C(NC(=O)OC(C)(C)C)c1ccccc1. The van der Waals surface area contributed by atoms with Crippen LogP contribution < -0.4 is 10.6 Å². The summed E-state index contributed by atoms with van der Waals surface area (Å²) in [6.07, 6.45) is -0.634. The smallest absolute Gasteiger partial charge is 0.408 e. The van der Waals surface area contributed by atoms with Crippen molar-refractivity contribution in [2.45, 2.75) is 59.1 Å². The van der Waals surface area contributed by atoms with E-state index in [1.54, 1.807) is 20.8 Å². The van der Waals surface area contributed by atoms with Crippen LogP contribution in [0.2, 0.25) is 0 Å². The molecule has 2 N–H and O–H groups in total. The summed E-state index contributed by atoms with van der Waals surface area (Å²) in [7, 11) is 0. The van der Waals surface area contributed by atoms with Crippen molar-refractivity contribution in [2.75, 3.05) is 5.32 Å². The van der Waals surface area contributed by atoms with E-state index in [0.717, 1.165) is 16.8 Å². The third-order valence-corrected chi connectivity index (χ3v) is 4.23. The van der Waals surface area contributed by atoms with Gasteiger partial charge in [-0.1, -0.05) is 62.4 Å². The Morgan fingerprint density at radius 2 is 1.61 bits per heavy atom. The monoisotopic (exact) mass is 382 g/mol. The van der Waals surface area contributed by atoms with E-state index in [-0.39, 0.29) is 11.8 Å². The molecule has 2 rings (SSSR count). The fraction of sp³-hybridized carbons (Fsp3) is 0.391. The van der Waals surface area contributed by atoms with Crippen molar-refractivity contribution in [2.24, 2.45) is 0 Å². The third-order valence-electron chi connectivity index (χ3n) is 4.23. The van der Waals surface area contributed by atoms with Crippen LogP contribution in [0.1, 0.15) is 63.3 Å². The van der Waals surface area contributed by atoms with Gasteiger partial charge in [-0.2, -0.15) is 0 Å². The van der Waals surface area contributed by atoms with E-state index in [1.807, 2.05) is 55.5 Å². The molecule has 0 saturated carbocycles. The van der Waals surface area contributed by atoms with Crippen LogP contribution in [-0.4, -0.2) is 17.6 Å². The van der Waals surface area contributed by atoms with E-state index in [1.165, 1.54) is 0 Å². The number of carbonyl (C=O) groups is 2. The Labute approximate surface area is 167 Å². The summed E-state index contributed by atoms with van der Waals surface area (Å²) in [4.78, 5) is 25.5. The first-order chi connectivity index (χ1) is 13.1. The highest BCUT2D eigenvalue weighted by molar-refractivity contribution is 5.98. The highest BCUT2D eigenvalue weighted by atomic mass is 16.6. The summed E-state index contributed by atoms with van der Waals surface area (Å²) in [5, 5.41) is 5.72. The molecule has 5 nitrogen and oxygen atoms in total. The number of amides is 2. The van der Waals surface area contributed by atoms with E-state index < -0.39 is 17.7 Å². The average molecular weight is 383 g/mol. The lowest BCUT2D eigenvalue weighted by Gasteiger charge is -2.24. The van der Waals surface area contributed by atoms with Crippen LogP contribution in [0.15, 0.2) is 48.5 Å². The number of anilines is 1. The van der Waals surface area contributed by atoms with Gasteiger partial charge in [-0.05, 0) is 50.3 Å². The van der Waals surface area contributed by atoms with Crippen molar-refractivity contribution in [3.63, 3.8) is 0 Å². The first kappa shape index (κ1) is 21.5. The second kappa shape index (κ2) is 8.91. The largest absolute Gasteiger partial charge is 0.444 e. The molecule has 150 valence electrons. The molecule has 0 aliphatic heterocycles. The number of rotatable bonds is 5. The summed E-state index contributed by atoms with van der Waals surface area (Å²) >= 11 is 0. The van der Waals surface area contributed by atoms with Crippen LogP contribution in [0.4, 0.5) is 10.5 Å². The van der Waals surface area contributed by atoms with Gasteiger partial charge in [0.15, 0.2) is 0 Å². The van der Waals surface area contributed by atoms with Crippen molar-refractivity contribution < 1.29 is 14.3 Å². The van der Waals surface area contributed by atoms with Gasteiger partial charge in [0.1, 0.15) is 11.6 Å². The zero-order valence-electron chi connectivity index (χ0n) is 17.5. The number of benzene rings is 2. The van der Waals surface area contributed by atoms with E-state index in [0.29, 0.717) is 5.56 Å². The van der Waals surface area contributed by atoms with Gasteiger partial charge < -0.3 is 15.4 Å². The first-order valence-corrected chi connectivity index (χ1v) is 9.53. The summed E-state index contributed by atoms with van der Waals surface area (Å²) in [5.74, 6) is -0.0579. The molecule has 0 fully saturated rings. The molecule has 0 aliphatic carbocycles. The van der Waals surface area contributed by atoms with Gasteiger partial charge in [0, 0.05) is 5.69 Å². The van der Waals surface area contributed by atoms with Crippen molar-refractivity contribution >= 4 is 17.7 Å². The molecule has 5 heteroatoms. The van der Waals surface area contributed by atoms with Gasteiger partial charge in [-0.3, -0.25) is 4.79 Å². The zero-order chi connectivity index (χ0) is 20.9. The number of hydrogen-bond acceptors (Lipinski definition) is 3. The Bertz CT molecular complexity index is 823. The topological polar surface area (TPSA) is 67.4 Å². The minimum absolute atomic E-state index is 0.254. The number of hydrogen-bond donors (Lipinski definition) is 2. The molecule has 2 amide bonds. The van der Waals surface area contributed by atoms with Crippen LogP contribution in [-0.2, 0) is 9.53 Å². The fourth-order valence-corrected chi connectivity index (χ4v) is 2.91. The molecule has 0 spiro atoms. The molecular formula is C23H30N2O3. The summed E-state index contributed by atoms with van der Waals surface area (Å²) in [6, 6.07) is 14.2. The maximum Gasteiger partial charge on any atom is 0.408 e. The molecule has 1 atom stereocenters. The molecule has 1 unspecified atom stereocenters. The standard InChI is InChI=1S/C23H30N2O3/c1-15(2)18-14-10-11-16(3)19(18)24-21(26)20(17-12-8-7-9-13-17)25-22(27)28-23(4,5)6/h7-15,20H,1-6H3,(H,24,26)(H,25,27). The van der Waals surface area contributed by atoms with Gasteiger partial charge >= 0.3 is 6.09 Å². The van der Waals surface area contributed by atoms with E-state index >= 15 is 0 Å². The summed E-state index contributed by atoms with van der Waals surface area (Å²) < 4.78 is 5.35. The Kier molecular flexibility index (Phi) is 6.84. The van der Waals surface area contributed by atoms with E-state index in [2.05, 4.69) is 24.5 Å². The lowest BCUT2D eigenvalue weighted by Crippen LogP contribution is -2.40. The molecule has 28 heavy (non-hydrogen) atoms. The van der Waals surface area contributed by atoms with Crippen molar-refractivity contribution in [1.82, 2.24) is 5.32 Å². The van der Waals surface area contributed by atoms with Gasteiger partial charge in [0.2, 0.25) is 0 Å². The minimum Gasteiger partial charge on any atom is -0.444 e. The van der Waals surface area contributed by atoms with Gasteiger partial charge in [0.05, 0.1) is 0 Å². The number of aryl methyl sites for hydroxylation is 1. The number of carbonyl (C=O) groups excluding carboxylic acids is 2. The lowest BCUT2D eigenvalue weighted by molar-refractivity contribution is -0.118. The predicted molar refractivity (Wildman–Crippen MR) is 112 cm³/mol. The Hall–Kier alpha value is -2.82. The number of para-hydroxylation sites is 1. The highest BCUT2D eigenvalue weighted by Crippen LogP contribution is 2.28. The Balaban J connectivity index is 2.32. The Morgan fingerprint density at radius 1 is 0.964 bits per heavy atom. The normalized spacial score (nSPS) is 12.4. The van der Waals surface area contributed by atoms with Gasteiger partial charge in [-0.15, -0.1) is 0 Å². The van der Waals surface area contributed by atoms with Gasteiger partial charge in [-0.25, -0.2) is 4.79 Å². The average Bonchev–Trinajstić information content (AvgIpc) is 2.60. The van der Waals surface area contributed by atoms with Crippen molar-refractivity contribution in [1.29, 1.82) is 0 Å². The molecule has 0 aliphatic rings. The van der Waals surface area contributed by atoms with E-state index in [4.69, 9.17) is 4.74 Å². The molecule has 2 aromatic carbocycles. The number of nitrogens with one attached hydrogen (secondary N) is 2. The molecule has 0 heterocycles. The summed E-state index contributed by atoms with van der Waals surface area (Å²) in [6.45, 7) is 11.5. The molecular weight excluding hydrogens is 352 g/mol. The van der Waals surface area contributed by atoms with E-state index in [9.17, 15) is 9.59 Å². The quantitative estimate of drug-likeness (QED) is 0.735. The molecule has 0 radical (unpaired) electrons. The van der Waals surface area contributed by atoms with Crippen molar-refractivity contribution in [3.05, 3.63) is 65.2 Å². The number of ether oxygens (including phenoxy) is 1. The maximum absolute atomic E-state index is 13.2. The highest BCUT2D eigenvalue weighted by Gasteiger charge is 2.26. The second-order valence-corrected chi connectivity index (χ2v) is 8.17. The van der Waals surface area contributed by atoms with Gasteiger partial charge in [0.25, 0.3) is 5.91 Å². The van der Waals surface area contributed by atoms with Crippen LogP contribution in [0.25, 0.3) is 0 Å². The lowest BCUT2D eigenvalue weighted by atomic mass is 9.97. The molecule has 0 bridgehead atoms. The van der Waals surface area contributed by atoms with Crippen LogP contribution >= 0.6 is 0 Å². The third kappa shape index (κ3) is 5.84. The first-order valence-electron chi connectivity index (χ1n) is 9.53. The maximum atomic E-state index is 13.2. The molecule has 0 saturated heterocycles. The molecule has 2 aromatic rings. The van der Waals surface area contributed by atoms with Crippen molar-refractivity contribution in [3.8, 4) is 0 Å². The predicted octanol–water partition coefficient (Wildman–Crippen LogP) is 5.32. The molecule has 0 aromatic heterocycles. The van der Waals surface area contributed by atoms with Crippen LogP contribution in [0.5, 0.6) is 0 Å².